The second kappa shape index (κ2) is 10.2. The molecule has 7 heteroatoms. The topological polar surface area (TPSA) is 96.1 Å². The number of aromatic nitrogens is 3. The summed E-state index contributed by atoms with van der Waals surface area (Å²) < 4.78 is 5.59. The Morgan fingerprint density at radius 3 is 2.58 bits per heavy atom. The molecule has 0 saturated heterocycles. The summed E-state index contributed by atoms with van der Waals surface area (Å²) in [5.41, 5.74) is 7.14. The van der Waals surface area contributed by atoms with Gasteiger partial charge in [-0.05, 0) is 73.9 Å². The summed E-state index contributed by atoms with van der Waals surface area (Å²) in [6.45, 7) is 6.63. The number of pyridine rings is 1. The SMILES string of the molecule is Cc1nc(NC(C)c2cccc(-c3ccc(NCCO)nc3)c2)cc(-c2ccc3occ(C)c3c2)n1. The van der Waals surface area contributed by atoms with Crippen LogP contribution in [0, 0.1) is 13.8 Å². The highest BCUT2D eigenvalue weighted by Crippen LogP contribution is 2.29. The molecule has 3 aromatic heterocycles. The van der Waals surface area contributed by atoms with Gasteiger partial charge >= 0.3 is 0 Å². The molecule has 3 heterocycles. The quantitative estimate of drug-likeness (QED) is 0.246. The number of anilines is 2. The van der Waals surface area contributed by atoms with E-state index in [-0.39, 0.29) is 12.6 Å². The summed E-state index contributed by atoms with van der Waals surface area (Å²) in [6.07, 6.45) is 3.62. The van der Waals surface area contributed by atoms with Crippen LogP contribution >= 0.6 is 0 Å². The molecule has 0 bridgehead atoms. The first-order valence-electron chi connectivity index (χ1n) is 12.0. The summed E-state index contributed by atoms with van der Waals surface area (Å²) >= 11 is 0. The summed E-state index contributed by atoms with van der Waals surface area (Å²) in [6, 6.07) is 20.5. The molecular weight excluding hydrogens is 450 g/mol. The van der Waals surface area contributed by atoms with Crippen LogP contribution in [0.5, 0.6) is 0 Å². The zero-order valence-electron chi connectivity index (χ0n) is 20.6. The fourth-order valence-corrected chi connectivity index (χ4v) is 4.25. The Morgan fingerprint density at radius 2 is 1.78 bits per heavy atom. The van der Waals surface area contributed by atoms with Crippen molar-refractivity contribution in [3.63, 3.8) is 0 Å². The number of furan rings is 1. The Balaban J connectivity index is 1.36. The second-order valence-corrected chi connectivity index (χ2v) is 8.89. The van der Waals surface area contributed by atoms with E-state index in [1.54, 1.807) is 6.26 Å². The average Bonchev–Trinajstić information content (AvgIpc) is 3.27. The molecule has 36 heavy (non-hydrogen) atoms. The van der Waals surface area contributed by atoms with Crippen LogP contribution in [-0.2, 0) is 0 Å². The van der Waals surface area contributed by atoms with E-state index in [9.17, 15) is 0 Å². The smallest absolute Gasteiger partial charge is 0.134 e. The van der Waals surface area contributed by atoms with Crippen LogP contribution in [0.2, 0.25) is 0 Å². The molecule has 0 aliphatic carbocycles. The number of benzene rings is 2. The van der Waals surface area contributed by atoms with Gasteiger partial charge in [0.1, 0.15) is 23.0 Å². The lowest BCUT2D eigenvalue weighted by Gasteiger charge is -2.17. The van der Waals surface area contributed by atoms with Crippen molar-refractivity contribution in [2.75, 3.05) is 23.8 Å². The average molecular weight is 480 g/mol. The van der Waals surface area contributed by atoms with E-state index in [0.717, 1.165) is 56.1 Å². The van der Waals surface area contributed by atoms with Crippen molar-refractivity contribution in [1.29, 1.82) is 0 Å². The molecule has 0 spiro atoms. The maximum absolute atomic E-state index is 8.97. The standard InChI is InChI=1S/C29H29N5O2/c1-18-17-36-27-9-7-23(14-25(18)27)26-15-29(34-20(3)33-26)32-19(2)21-5-4-6-22(13-21)24-8-10-28(31-16-24)30-11-12-35/h4-10,13-17,19,35H,11-12H2,1-3H3,(H,30,31)(H,32,33,34). The van der Waals surface area contributed by atoms with E-state index in [0.29, 0.717) is 12.4 Å². The lowest BCUT2D eigenvalue weighted by Crippen LogP contribution is -2.09. The van der Waals surface area contributed by atoms with E-state index in [2.05, 4.69) is 62.8 Å². The van der Waals surface area contributed by atoms with Gasteiger partial charge in [-0.1, -0.05) is 18.2 Å². The number of nitrogens with one attached hydrogen (secondary N) is 2. The molecule has 0 saturated carbocycles. The first kappa shape index (κ1) is 23.5. The van der Waals surface area contributed by atoms with Gasteiger partial charge in [-0.15, -0.1) is 0 Å². The summed E-state index contributed by atoms with van der Waals surface area (Å²) in [4.78, 5) is 13.8. The minimum atomic E-state index is 0.0316. The highest BCUT2D eigenvalue weighted by atomic mass is 16.3. The van der Waals surface area contributed by atoms with Crippen LogP contribution < -0.4 is 10.6 Å². The predicted octanol–water partition coefficient (Wildman–Crippen LogP) is 6.15. The van der Waals surface area contributed by atoms with E-state index in [1.807, 2.05) is 50.4 Å². The lowest BCUT2D eigenvalue weighted by atomic mass is 10.0. The summed E-state index contributed by atoms with van der Waals surface area (Å²) in [5.74, 6) is 2.23. The third kappa shape index (κ3) is 5.06. The minimum absolute atomic E-state index is 0.0316. The van der Waals surface area contributed by atoms with Crippen molar-refractivity contribution < 1.29 is 9.52 Å². The Hall–Kier alpha value is -4.23. The minimum Gasteiger partial charge on any atom is -0.464 e. The maximum Gasteiger partial charge on any atom is 0.134 e. The van der Waals surface area contributed by atoms with Gasteiger partial charge in [0.05, 0.1) is 18.6 Å². The fraction of sp³-hybridized carbons (Fsp3) is 0.207. The molecule has 182 valence electrons. The molecular formula is C29H29N5O2. The van der Waals surface area contributed by atoms with Gasteiger partial charge in [0, 0.05) is 41.4 Å². The van der Waals surface area contributed by atoms with E-state index in [1.165, 1.54) is 0 Å². The van der Waals surface area contributed by atoms with Crippen LogP contribution in [0.4, 0.5) is 11.6 Å². The van der Waals surface area contributed by atoms with Crippen molar-refractivity contribution in [1.82, 2.24) is 15.0 Å². The number of aliphatic hydroxyl groups excluding tert-OH is 1. The third-order valence-electron chi connectivity index (χ3n) is 6.17. The molecule has 1 unspecified atom stereocenters. The van der Waals surface area contributed by atoms with Gasteiger partial charge in [-0.2, -0.15) is 0 Å². The van der Waals surface area contributed by atoms with Crippen LogP contribution in [0.25, 0.3) is 33.4 Å². The van der Waals surface area contributed by atoms with E-state index in [4.69, 9.17) is 9.52 Å². The van der Waals surface area contributed by atoms with Crippen molar-refractivity contribution in [2.24, 2.45) is 0 Å². The Labute approximate surface area is 210 Å². The van der Waals surface area contributed by atoms with Gasteiger partial charge in [-0.3, -0.25) is 0 Å². The van der Waals surface area contributed by atoms with Crippen LogP contribution in [0.3, 0.4) is 0 Å². The van der Waals surface area contributed by atoms with Crippen LogP contribution in [-0.4, -0.2) is 33.2 Å². The first-order chi connectivity index (χ1) is 17.5. The fourth-order valence-electron chi connectivity index (χ4n) is 4.25. The molecule has 5 aromatic rings. The molecule has 0 amide bonds. The number of rotatable bonds is 8. The van der Waals surface area contributed by atoms with Crippen molar-refractivity contribution in [3.05, 3.63) is 90.1 Å². The Kier molecular flexibility index (Phi) is 6.64. The van der Waals surface area contributed by atoms with Gasteiger partial charge < -0.3 is 20.2 Å². The predicted molar refractivity (Wildman–Crippen MR) is 144 cm³/mol. The maximum atomic E-state index is 8.97. The van der Waals surface area contributed by atoms with Gasteiger partial charge in [-0.25, -0.2) is 15.0 Å². The molecule has 0 radical (unpaired) electrons. The Bertz CT molecular complexity index is 1490. The van der Waals surface area contributed by atoms with Gasteiger partial charge in [0.2, 0.25) is 0 Å². The number of fused-ring (bicyclic) bond motifs is 1. The van der Waals surface area contributed by atoms with E-state index < -0.39 is 0 Å². The monoisotopic (exact) mass is 479 g/mol. The largest absolute Gasteiger partial charge is 0.464 e. The highest BCUT2D eigenvalue weighted by Gasteiger charge is 2.12. The van der Waals surface area contributed by atoms with Crippen LogP contribution in [0.1, 0.15) is 29.9 Å². The molecule has 2 aromatic carbocycles. The molecule has 1 atom stereocenters. The third-order valence-corrected chi connectivity index (χ3v) is 6.17. The van der Waals surface area contributed by atoms with Crippen molar-refractivity contribution in [3.8, 4) is 22.4 Å². The number of aliphatic hydroxyl groups is 1. The molecule has 3 N–H and O–H groups in total. The summed E-state index contributed by atoms with van der Waals surface area (Å²) in [5, 5.41) is 16.7. The normalized spacial score (nSPS) is 12.0. The number of hydrogen-bond donors (Lipinski definition) is 3. The summed E-state index contributed by atoms with van der Waals surface area (Å²) in [7, 11) is 0. The molecule has 0 aliphatic heterocycles. The van der Waals surface area contributed by atoms with Gasteiger partial charge in [0.15, 0.2) is 0 Å². The molecule has 0 fully saturated rings. The highest BCUT2D eigenvalue weighted by molar-refractivity contribution is 5.85. The van der Waals surface area contributed by atoms with Crippen molar-refractivity contribution in [2.45, 2.75) is 26.8 Å². The van der Waals surface area contributed by atoms with Crippen molar-refractivity contribution >= 4 is 22.6 Å². The van der Waals surface area contributed by atoms with Gasteiger partial charge in [0.25, 0.3) is 0 Å². The molecule has 7 nitrogen and oxygen atoms in total. The number of aryl methyl sites for hydroxylation is 2. The number of nitrogens with zero attached hydrogens (tertiary/aromatic N) is 3. The second-order valence-electron chi connectivity index (χ2n) is 8.89. The Morgan fingerprint density at radius 1 is 0.917 bits per heavy atom. The zero-order valence-corrected chi connectivity index (χ0v) is 20.6. The van der Waals surface area contributed by atoms with Crippen LogP contribution in [0.15, 0.2) is 77.5 Å². The zero-order chi connectivity index (χ0) is 25.1. The molecule has 5 rings (SSSR count). The first-order valence-corrected chi connectivity index (χ1v) is 12.0. The van der Waals surface area contributed by atoms with E-state index >= 15 is 0 Å². The molecule has 0 aliphatic rings. The lowest BCUT2D eigenvalue weighted by molar-refractivity contribution is 0.311. The number of hydrogen-bond acceptors (Lipinski definition) is 7.